The summed E-state index contributed by atoms with van der Waals surface area (Å²) < 4.78 is 2.18. The van der Waals surface area contributed by atoms with Crippen LogP contribution in [0.4, 0.5) is 0 Å². The standard InChI is InChI=1S/C16H18N4S/c1-12-18-10-16(20(12)15-6-4-3-5-7-15)9-17-8-14-11-21-13(2)19-14/h3-7,10-11,17H,8-9H2,1-2H3. The first-order chi connectivity index (χ1) is 10.2. The summed E-state index contributed by atoms with van der Waals surface area (Å²) in [5.74, 6) is 1.00. The van der Waals surface area contributed by atoms with E-state index in [0.29, 0.717) is 0 Å². The van der Waals surface area contributed by atoms with Crippen LogP contribution in [-0.2, 0) is 13.1 Å². The van der Waals surface area contributed by atoms with Gasteiger partial charge in [-0.15, -0.1) is 11.3 Å². The summed E-state index contributed by atoms with van der Waals surface area (Å²) in [7, 11) is 0. The highest BCUT2D eigenvalue weighted by molar-refractivity contribution is 7.09. The highest BCUT2D eigenvalue weighted by Gasteiger charge is 2.08. The van der Waals surface area contributed by atoms with Crippen LogP contribution in [0.2, 0.25) is 0 Å². The molecule has 21 heavy (non-hydrogen) atoms. The molecule has 0 fully saturated rings. The summed E-state index contributed by atoms with van der Waals surface area (Å²) in [5.41, 5.74) is 3.40. The number of benzene rings is 1. The summed E-state index contributed by atoms with van der Waals surface area (Å²) in [6, 6.07) is 10.3. The Morgan fingerprint density at radius 2 is 1.95 bits per heavy atom. The van der Waals surface area contributed by atoms with Gasteiger partial charge in [0.05, 0.1) is 22.6 Å². The van der Waals surface area contributed by atoms with Crippen molar-refractivity contribution in [3.63, 3.8) is 0 Å². The molecule has 108 valence electrons. The van der Waals surface area contributed by atoms with Gasteiger partial charge in [0.25, 0.3) is 0 Å². The molecule has 0 spiro atoms. The molecule has 0 aliphatic rings. The Kier molecular flexibility index (Phi) is 4.13. The van der Waals surface area contributed by atoms with Crippen molar-refractivity contribution in [3.8, 4) is 5.69 Å². The van der Waals surface area contributed by atoms with E-state index in [2.05, 4.69) is 37.4 Å². The molecule has 0 aliphatic heterocycles. The fraction of sp³-hybridized carbons (Fsp3) is 0.250. The van der Waals surface area contributed by atoms with E-state index < -0.39 is 0 Å². The molecule has 0 saturated heterocycles. The van der Waals surface area contributed by atoms with Gasteiger partial charge in [-0.2, -0.15) is 0 Å². The summed E-state index contributed by atoms with van der Waals surface area (Å²) in [5, 5.41) is 6.65. The molecule has 4 nitrogen and oxygen atoms in total. The van der Waals surface area contributed by atoms with Crippen molar-refractivity contribution in [1.29, 1.82) is 0 Å². The van der Waals surface area contributed by atoms with Crippen LogP contribution in [0.1, 0.15) is 22.2 Å². The van der Waals surface area contributed by atoms with Gasteiger partial charge in [-0.25, -0.2) is 9.97 Å². The van der Waals surface area contributed by atoms with E-state index in [-0.39, 0.29) is 0 Å². The van der Waals surface area contributed by atoms with Crippen LogP contribution in [0.3, 0.4) is 0 Å². The van der Waals surface area contributed by atoms with Gasteiger partial charge in [0.2, 0.25) is 0 Å². The number of aryl methyl sites for hydroxylation is 2. The molecule has 1 aromatic carbocycles. The van der Waals surface area contributed by atoms with Crippen molar-refractivity contribution >= 4 is 11.3 Å². The van der Waals surface area contributed by atoms with Crippen molar-refractivity contribution in [3.05, 3.63) is 64.1 Å². The van der Waals surface area contributed by atoms with Crippen molar-refractivity contribution in [2.75, 3.05) is 0 Å². The molecule has 3 aromatic rings. The van der Waals surface area contributed by atoms with Crippen molar-refractivity contribution in [2.45, 2.75) is 26.9 Å². The Labute approximate surface area is 128 Å². The Hall–Kier alpha value is -1.98. The smallest absolute Gasteiger partial charge is 0.110 e. The highest BCUT2D eigenvalue weighted by Crippen LogP contribution is 2.14. The van der Waals surface area contributed by atoms with Gasteiger partial charge < -0.3 is 5.32 Å². The number of hydrogen-bond acceptors (Lipinski definition) is 4. The Bertz CT molecular complexity index is 715. The predicted molar refractivity (Wildman–Crippen MR) is 85.7 cm³/mol. The summed E-state index contributed by atoms with van der Waals surface area (Å²) in [6.07, 6.45) is 1.93. The third-order valence-corrected chi connectivity index (χ3v) is 4.13. The molecule has 2 aromatic heterocycles. The quantitative estimate of drug-likeness (QED) is 0.786. The van der Waals surface area contributed by atoms with E-state index in [0.717, 1.165) is 41.0 Å². The van der Waals surface area contributed by atoms with Gasteiger partial charge in [0.15, 0.2) is 0 Å². The highest BCUT2D eigenvalue weighted by atomic mass is 32.1. The molecule has 0 amide bonds. The van der Waals surface area contributed by atoms with Gasteiger partial charge >= 0.3 is 0 Å². The van der Waals surface area contributed by atoms with Crippen LogP contribution in [0.25, 0.3) is 5.69 Å². The van der Waals surface area contributed by atoms with Gasteiger partial charge in [0, 0.05) is 24.2 Å². The first-order valence-corrected chi connectivity index (χ1v) is 7.82. The molecule has 0 atom stereocenters. The average Bonchev–Trinajstić information content (AvgIpc) is 3.06. The van der Waals surface area contributed by atoms with E-state index in [1.807, 2.05) is 38.2 Å². The van der Waals surface area contributed by atoms with Crippen LogP contribution in [0, 0.1) is 13.8 Å². The Balaban J connectivity index is 1.72. The number of nitrogens with zero attached hydrogens (tertiary/aromatic N) is 3. The molecule has 0 unspecified atom stereocenters. The zero-order valence-corrected chi connectivity index (χ0v) is 13.0. The summed E-state index contributed by atoms with van der Waals surface area (Å²) in [4.78, 5) is 8.89. The molecule has 0 saturated carbocycles. The average molecular weight is 298 g/mol. The van der Waals surface area contributed by atoms with E-state index in [9.17, 15) is 0 Å². The van der Waals surface area contributed by atoms with E-state index in [4.69, 9.17) is 0 Å². The lowest BCUT2D eigenvalue weighted by Gasteiger charge is -2.10. The molecule has 5 heteroatoms. The number of hydrogen-bond donors (Lipinski definition) is 1. The van der Waals surface area contributed by atoms with Crippen molar-refractivity contribution in [1.82, 2.24) is 19.9 Å². The normalized spacial score (nSPS) is 11.0. The minimum atomic E-state index is 0.770. The molecule has 0 bridgehead atoms. The van der Waals surface area contributed by atoms with Crippen LogP contribution in [0.5, 0.6) is 0 Å². The maximum Gasteiger partial charge on any atom is 0.110 e. The molecule has 2 heterocycles. The second-order valence-corrected chi connectivity index (χ2v) is 5.99. The number of thiazole rings is 1. The zero-order chi connectivity index (χ0) is 14.7. The molecular weight excluding hydrogens is 280 g/mol. The SMILES string of the molecule is Cc1nc(CNCc2cnc(C)n2-c2ccccc2)cs1. The maximum atomic E-state index is 4.46. The minimum Gasteiger partial charge on any atom is -0.305 e. The molecule has 0 aliphatic carbocycles. The second kappa shape index (κ2) is 6.20. The molecule has 1 N–H and O–H groups in total. The van der Waals surface area contributed by atoms with Gasteiger partial charge in [-0.1, -0.05) is 18.2 Å². The molecular formula is C16H18N4S. The fourth-order valence-corrected chi connectivity index (χ4v) is 2.97. The van der Waals surface area contributed by atoms with Crippen molar-refractivity contribution in [2.24, 2.45) is 0 Å². The number of nitrogens with one attached hydrogen (secondary N) is 1. The summed E-state index contributed by atoms with van der Waals surface area (Å²) >= 11 is 1.69. The van der Waals surface area contributed by atoms with Gasteiger partial charge in [-0.05, 0) is 26.0 Å². The van der Waals surface area contributed by atoms with Crippen LogP contribution in [0.15, 0.2) is 41.9 Å². The van der Waals surface area contributed by atoms with Crippen LogP contribution in [-0.4, -0.2) is 14.5 Å². The first-order valence-electron chi connectivity index (χ1n) is 6.94. The lowest BCUT2D eigenvalue weighted by molar-refractivity contribution is 0.658. The first kappa shape index (κ1) is 14.0. The minimum absolute atomic E-state index is 0.770. The summed E-state index contributed by atoms with van der Waals surface area (Å²) in [6.45, 7) is 5.61. The lowest BCUT2D eigenvalue weighted by atomic mass is 10.3. The number of para-hydroxylation sites is 1. The fourth-order valence-electron chi connectivity index (χ4n) is 2.35. The monoisotopic (exact) mass is 298 g/mol. The molecule has 3 rings (SSSR count). The van der Waals surface area contributed by atoms with Gasteiger partial charge in [-0.3, -0.25) is 4.57 Å². The topological polar surface area (TPSA) is 42.7 Å². The number of imidazole rings is 1. The molecule has 0 radical (unpaired) electrons. The third kappa shape index (κ3) is 3.20. The Morgan fingerprint density at radius 3 is 2.67 bits per heavy atom. The van der Waals surface area contributed by atoms with E-state index >= 15 is 0 Å². The predicted octanol–water partition coefficient (Wildman–Crippen LogP) is 3.24. The maximum absolute atomic E-state index is 4.46. The largest absolute Gasteiger partial charge is 0.305 e. The zero-order valence-electron chi connectivity index (χ0n) is 12.2. The number of aromatic nitrogens is 3. The Morgan fingerprint density at radius 1 is 1.14 bits per heavy atom. The van der Waals surface area contributed by atoms with Crippen LogP contribution >= 0.6 is 11.3 Å². The van der Waals surface area contributed by atoms with E-state index in [1.54, 1.807) is 11.3 Å². The third-order valence-electron chi connectivity index (χ3n) is 3.30. The van der Waals surface area contributed by atoms with Crippen molar-refractivity contribution < 1.29 is 0 Å². The van der Waals surface area contributed by atoms with Crippen LogP contribution < -0.4 is 5.32 Å². The lowest BCUT2D eigenvalue weighted by Crippen LogP contribution is -2.16. The second-order valence-electron chi connectivity index (χ2n) is 4.93. The number of rotatable bonds is 5. The van der Waals surface area contributed by atoms with E-state index in [1.165, 1.54) is 0 Å². The van der Waals surface area contributed by atoms with Gasteiger partial charge in [0.1, 0.15) is 5.82 Å².